The molecule has 35 heavy (non-hydrogen) atoms. The Morgan fingerprint density at radius 2 is 1.91 bits per heavy atom. The maximum atomic E-state index is 13.3. The molecule has 0 saturated carbocycles. The lowest BCUT2D eigenvalue weighted by atomic mass is 9.93. The fourth-order valence-electron chi connectivity index (χ4n) is 3.86. The maximum absolute atomic E-state index is 13.3. The van der Waals surface area contributed by atoms with Crippen LogP contribution in [0.15, 0.2) is 45.6 Å². The number of nitrogens with one attached hydrogen (secondary N) is 1. The highest BCUT2D eigenvalue weighted by atomic mass is 32.2. The van der Waals surface area contributed by atoms with E-state index in [0.717, 1.165) is 17.7 Å². The smallest absolute Gasteiger partial charge is 0.338 e. The lowest BCUT2D eigenvalue weighted by Crippen LogP contribution is -2.39. The van der Waals surface area contributed by atoms with E-state index in [0.29, 0.717) is 27.9 Å². The number of nitrogens with zero attached hydrogens (tertiary/aromatic N) is 2. The summed E-state index contributed by atoms with van der Waals surface area (Å²) in [6.45, 7) is 6.19. The molecule has 1 N–H and O–H groups in total. The molecule has 0 fully saturated rings. The third-order valence-electron chi connectivity index (χ3n) is 5.83. The summed E-state index contributed by atoms with van der Waals surface area (Å²) in [6.07, 6.45) is 0.995. The number of rotatable bonds is 11. The zero-order chi connectivity index (χ0) is 25.5. The highest BCUT2D eigenvalue weighted by Crippen LogP contribution is 2.46. The second-order valence-corrected chi connectivity index (χ2v) is 9.03. The first-order valence-corrected chi connectivity index (χ1v) is 12.3. The van der Waals surface area contributed by atoms with E-state index < -0.39 is 12.0 Å². The zero-order valence-electron chi connectivity index (χ0n) is 21.0. The van der Waals surface area contributed by atoms with Crippen LogP contribution in [0.3, 0.4) is 0 Å². The van der Waals surface area contributed by atoms with Crippen LogP contribution in [0, 0.1) is 0 Å². The normalized spacial score (nSPS) is 17.9. The van der Waals surface area contributed by atoms with Crippen molar-refractivity contribution in [2.75, 3.05) is 34.5 Å². The molecule has 10 heteroatoms. The van der Waals surface area contributed by atoms with E-state index in [1.54, 1.807) is 34.3 Å². The minimum atomic E-state index is -0.560. The Hall–Kier alpha value is -2.98. The third-order valence-corrected chi connectivity index (χ3v) is 6.71. The van der Waals surface area contributed by atoms with Crippen LogP contribution < -0.4 is 14.8 Å². The summed E-state index contributed by atoms with van der Waals surface area (Å²) in [5.41, 5.74) is 2.49. The molecule has 0 saturated heterocycles. The number of carbonyl (C=O) groups is 2. The van der Waals surface area contributed by atoms with Crippen LogP contribution in [0.2, 0.25) is 0 Å². The van der Waals surface area contributed by atoms with Gasteiger partial charge < -0.3 is 29.2 Å². The minimum absolute atomic E-state index is 0.0711. The summed E-state index contributed by atoms with van der Waals surface area (Å²) in [6, 6.07) is 5.02. The Kier molecular flexibility index (Phi) is 9.22. The summed E-state index contributed by atoms with van der Waals surface area (Å²) in [5.74, 6) is 0.535. The molecule has 1 aromatic rings. The highest BCUT2D eigenvalue weighted by molar-refractivity contribution is 8.16. The molecule has 1 amide bonds. The van der Waals surface area contributed by atoms with Crippen LogP contribution in [0.4, 0.5) is 0 Å². The number of amidine groups is 1. The van der Waals surface area contributed by atoms with Gasteiger partial charge >= 0.3 is 5.97 Å². The molecule has 0 radical (unpaired) electrons. The predicted octanol–water partition coefficient (Wildman–Crippen LogP) is 3.77. The number of hydrogen-bond acceptors (Lipinski definition) is 9. The van der Waals surface area contributed by atoms with E-state index in [1.165, 1.54) is 11.8 Å². The van der Waals surface area contributed by atoms with Gasteiger partial charge in [0.25, 0.3) is 0 Å². The van der Waals surface area contributed by atoms with Gasteiger partial charge in [0, 0.05) is 18.8 Å². The molecule has 2 atom stereocenters. The summed E-state index contributed by atoms with van der Waals surface area (Å²) in [5, 5.41) is 5.62. The number of allylic oxidation sites excluding steroid dienone is 1. The van der Waals surface area contributed by atoms with Gasteiger partial charge in [-0.15, -0.1) is 0 Å². The van der Waals surface area contributed by atoms with E-state index in [1.807, 2.05) is 36.3 Å². The van der Waals surface area contributed by atoms with Crippen molar-refractivity contribution in [2.24, 2.45) is 4.99 Å². The summed E-state index contributed by atoms with van der Waals surface area (Å²) < 4.78 is 21.4. The fraction of sp³-hybridized carbons (Fsp3) is 0.480. The van der Waals surface area contributed by atoms with Gasteiger partial charge in [0.1, 0.15) is 6.61 Å². The van der Waals surface area contributed by atoms with Crippen LogP contribution in [-0.4, -0.2) is 62.5 Å². The Balaban J connectivity index is 2.03. The highest BCUT2D eigenvalue weighted by Gasteiger charge is 2.41. The molecular weight excluding hydrogens is 470 g/mol. The molecule has 0 aromatic heterocycles. The first kappa shape index (κ1) is 26.6. The third kappa shape index (κ3) is 5.99. The second-order valence-electron chi connectivity index (χ2n) is 8.19. The summed E-state index contributed by atoms with van der Waals surface area (Å²) in [4.78, 5) is 32.6. The number of carbonyl (C=O) groups excluding carboxylic acids is 2. The second kappa shape index (κ2) is 12.1. The monoisotopic (exact) mass is 503 g/mol. The van der Waals surface area contributed by atoms with E-state index in [4.69, 9.17) is 18.9 Å². The molecule has 190 valence electrons. The molecule has 0 unspecified atom stereocenters. The van der Waals surface area contributed by atoms with Gasteiger partial charge in [0.05, 0.1) is 44.6 Å². The van der Waals surface area contributed by atoms with Crippen molar-refractivity contribution in [2.45, 2.75) is 45.7 Å². The lowest BCUT2D eigenvalue weighted by Gasteiger charge is -2.36. The molecule has 0 bridgehead atoms. The Morgan fingerprint density at radius 3 is 2.57 bits per heavy atom. The van der Waals surface area contributed by atoms with Crippen LogP contribution >= 0.6 is 11.8 Å². The van der Waals surface area contributed by atoms with E-state index >= 15 is 0 Å². The molecule has 2 aliphatic rings. The predicted molar refractivity (Wildman–Crippen MR) is 135 cm³/mol. The number of thioether (sulfide) groups is 1. The molecule has 0 spiro atoms. The van der Waals surface area contributed by atoms with Crippen molar-refractivity contribution in [3.8, 4) is 11.5 Å². The topological polar surface area (TPSA) is 98.7 Å². The molecule has 3 rings (SSSR count). The average Bonchev–Trinajstić information content (AvgIpc) is 3.24. The largest absolute Gasteiger partial charge is 0.493 e. The van der Waals surface area contributed by atoms with Gasteiger partial charge in [-0.2, -0.15) is 0 Å². The van der Waals surface area contributed by atoms with Gasteiger partial charge in [-0.25, -0.2) is 9.79 Å². The van der Waals surface area contributed by atoms with E-state index in [9.17, 15) is 9.59 Å². The molecule has 1 aromatic carbocycles. The van der Waals surface area contributed by atoms with Crippen molar-refractivity contribution in [1.82, 2.24) is 10.2 Å². The number of aliphatic imine (C=N–C) groups is 1. The number of esters is 1. The van der Waals surface area contributed by atoms with Crippen molar-refractivity contribution in [1.29, 1.82) is 0 Å². The zero-order valence-corrected chi connectivity index (χ0v) is 21.9. The van der Waals surface area contributed by atoms with Crippen LogP contribution in [0.5, 0.6) is 11.5 Å². The lowest BCUT2D eigenvalue weighted by molar-refractivity contribution is -0.141. The number of benzene rings is 1. The SMILES string of the molecule is CC[C@H](C)NC(=O)CC1=CSC2=NC(C)=C(C(=O)OCCOC)[C@@H](c3ccc(OC)c(OC)c3)N12. The molecule has 2 aliphatic heterocycles. The van der Waals surface area contributed by atoms with E-state index in [2.05, 4.69) is 10.3 Å². The number of hydrogen-bond donors (Lipinski definition) is 1. The van der Waals surface area contributed by atoms with E-state index in [-0.39, 0.29) is 31.6 Å². The first-order chi connectivity index (χ1) is 16.8. The molecule has 9 nitrogen and oxygen atoms in total. The molecule has 2 heterocycles. The Bertz CT molecular complexity index is 1050. The fourth-order valence-corrected chi connectivity index (χ4v) is 4.82. The minimum Gasteiger partial charge on any atom is -0.493 e. The summed E-state index contributed by atoms with van der Waals surface area (Å²) in [7, 11) is 4.68. The number of methoxy groups -OCH3 is 3. The van der Waals surface area contributed by atoms with Gasteiger partial charge in [0.15, 0.2) is 16.7 Å². The van der Waals surface area contributed by atoms with Gasteiger partial charge in [-0.3, -0.25) is 4.79 Å². The van der Waals surface area contributed by atoms with Crippen molar-refractivity contribution >= 4 is 28.8 Å². The Labute approximate surface area is 210 Å². The van der Waals surface area contributed by atoms with Gasteiger partial charge in [0.2, 0.25) is 5.91 Å². The summed E-state index contributed by atoms with van der Waals surface area (Å²) >= 11 is 1.43. The number of amides is 1. The van der Waals surface area contributed by atoms with Crippen molar-refractivity contribution in [3.05, 3.63) is 46.1 Å². The number of ether oxygens (including phenoxy) is 4. The maximum Gasteiger partial charge on any atom is 0.338 e. The van der Waals surface area contributed by atoms with Crippen molar-refractivity contribution in [3.63, 3.8) is 0 Å². The standard InChI is InChI=1S/C25H33N3O6S/c1-7-15(2)26-21(29)13-18-14-35-25-27-16(3)22(24(30)34-11-10-31-4)23(28(18)25)17-8-9-19(32-5)20(12-17)33-6/h8-9,12,14-15,23H,7,10-11,13H2,1-6H3,(H,26,29)/t15-,23+/m0/s1. The molecular formula is C25H33N3O6S. The van der Waals surface area contributed by atoms with Gasteiger partial charge in [-0.05, 0) is 43.4 Å². The van der Waals surface area contributed by atoms with Gasteiger partial charge in [-0.1, -0.05) is 24.8 Å². The number of fused-ring (bicyclic) bond motifs is 1. The van der Waals surface area contributed by atoms with Crippen LogP contribution in [0.1, 0.15) is 45.2 Å². The Morgan fingerprint density at radius 1 is 1.17 bits per heavy atom. The molecule has 0 aliphatic carbocycles. The quantitative estimate of drug-likeness (QED) is 0.360. The first-order valence-electron chi connectivity index (χ1n) is 11.5. The van der Waals surface area contributed by atoms with Crippen LogP contribution in [-0.2, 0) is 19.1 Å². The van der Waals surface area contributed by atoms with Crippen molar-refractivity contribution < 1.29 is 28.5 Å². The average molecular weight is 504 g/mol. The van der Waals surface area contributed by atoms with Crippen LogP contribution in [0.25, 0.3) is 0 Å².